The lowest BCUT2D eigenvalue weighted by Gasteiger charge is -2.35. The molecule has 1 saturated heterocycles. The van der Waals surface area contributed by atoms with Crippen molar-refractivity contribution < 1.29 is 9.90 Å². The van der Waals surface area contributed by atoms with Crippen LogP contribution in [0.3, 0.4) is 0 Å². The number of amides is 1. The van der Waals surface area contributed by atoms with E-state index in [1.807, 2.05) is 38.1 Å². The molecule has 1 aliphatic heterocycles. The number of carbonyl (C=O) groups excluding carboxylic acids is 1. The molecule has 4 heteroatoms. The lowest BCUT2D eigenvalue weighted by molar-refractivity contribution is -0.118. The molecule has 0 spiro atoms. The second-order valence-corrected chi connectivity index (χ2v) is 5.64. The van der Waals surface area contributed by atoms with Crippen LogP contribution in [0.2, 0.25) is 0 Å². The molecule has 4 nitrogen and oxygen atoms in total. The Morgan fingerprint density at radius 2 is 2.00 bits per heavy atom. The SMILES string of the molecule is Cc1ccccc1NC(=O)CN1CCC(C)(O)CC1. The molecule has 0 radical (unpaired) electrons. The van der Waals surface area contributed by atoms with Gasteiger partial charge in [0.25, 0.3) is 0 Å². The Labute approximate surface area is 114 Å². The van der Waals surface area contributed by atoms with Crippen molar-refractivity contribution in [2.24, 2.45) is 0 Å². The molecular formula is C15H22N2O2. The molecule has 2 rings (SSSR count). The van der Waals surface area contributed by atoms with Gasteiger partial charge in [-0.15, -0.1) is 0 Å². The van der Waals surface area contributed by atoms with Crippen LogP contribution in [0.1, 0.15) is 25.3 Å². The lowest BCUT2D eigenvalue weighted by Crippen LogP contribution is -2.45. The maximum Gasteiger partial charge on any atom is 0.238 e. The summed E-state index contributed by atoms with van der Waals surface area (Å²) in [6, 6.07) is 7.76. The standard InChI is InChI=1S/C15H22N2O2/c1-12-5-3-4-6-13(12)16-14(18)11-17-9-7-15(2,19)8-10-17/h3-6,19H,7-11H2,1-2H3,(H,16,18). The van der Waals surface area contributed by atoms with Gasteiger partial charge >= 0.3 is 0 Å². The van der Waals surface area contributed by atoms with E-state index in [1.165, 1.54) is 0 Å². The van der Waals surface area contributed by atoms with Crippen LogP contribution in [0.5, 0.6) is 0 Å². The van der Waals surface area contributed by atoms with Crippen LogP contribution >= 0.6 is 0 Å². The first-order valence-corrected chi connectivity index (χ1v) is 6.76. The number of nitrogens with zero attached hydrogens (tertiary/aromatic N) is 1. The van der Waals surface area contributed by atoms with Crippen LogP contribution in [0.15, 0.2) is 24.3 Å². The van der Waals surface area contributed by atoms with E-state index in [9.17, 15) is 9.90 Å². The molecule has 1 aliphatic rings. The van der Waals surface area contributed by atoms with Gasteiger partial charge in [0.2, 0.25) is 5.91 Å². The molecule has 19 heavy (non-hydrogen) atoms. The Hall–Kier alpha value is -1.39. The highest BCUT2D eigenvalue weighted by Crippen LogP contribution is 2.21. The van der Waals surface area contributed by atoms with Crippen LogP contribution in [-0.4, -0.2) is 41.1 Å². The average molecular weight is 262 g/mol. The van der Waals surface area contributed by atoms with E-state index in [4.69, 9.17) is 0 Å². The highest BCUT2D eigenvalue weighted by molar-refractivity contribution is 5.92. The molecule has 1 aromatic carbocycles. The maximum atomic E-state index is 12.0. The molecule has 2 N–H and O–H groups in total. The van der Waals surface area contributed by atoms with Crippen molar-refractivity contribution in [2.75, 3.05) is 25.0 Å². The Kier molecular flexibility index (Phi) is 4.22. The van der Waals surface area contributed by atoms with Crippen LogP contribution in [0, 0.1) is 6.92 Å². The Balaban J connectivity index is 1.84. The van der Waals surface area contributed by atoms with Crippen molar-refractivity contribution in [2.45, 2.75) is 32.3 Å². The second kappa shape index (κ2) is 5.72. The smallest absolute Gasteiger partial charge is 0.238 e. The summed E-state index contributed by atoms with van der Waals surface area (Å²) in [5.41, 5.74) is 1.37. The summed E-state index contributed by atoms with van der Waals surface area (Å²) < 4.78 is 0. The molecule has 1 amide bonds. The minimum absolute atomic E-state index is 0.0100. The van der Waals surface area contributed by atoms with Crippen molar-refractivity contribution in [3.8, 4) is 0 Å². The number of hydrogen-bond acceptors (Lipinski definition) is 3. The minimum Gasteiger partial charge on any atom is -0.390 e. The van der Waals surface area contributed by atoms with Gasteiger partial charge in [0, 0.05) is 18.8 Å². The number of carbonyl (C=O) groups is 1. The second-order valence-electron chi connectivity index (χ2n) is 5.64. The van der Waals surface area contributed by atoms with Gasteiger partial charge in [0.15, 0.2) is 0 Å². The quantitative estimate of drug-likeness (QED) is 0.873. The molecule has 0 aliphatic carbocycles. The van der Waals surface area contributed by atoms with Crippen molar-refractivity contribution in [1.82, 2.24) is 4.90 Å². The number of aliphatic hydroxyl groups is 1. The number of nitrogens with one attached hydrogen (secondary N) is 1. The fourth-order valence-electron chi connectivity index (χ4n) is 2.30. The summed E-state index contributed by atoms with van der Waals surface area (Å²) in [6.45, 7) is 5.78. The third-order valence-corrected chi connectivity index (χ3v) is 3.72. The first-order valence-electron chi connectivity index (χ1n) is 6.76. The summed E-state index contributed by atoms with van der Waals surface area (Å²) in [6.07, 6.45) is 1.45. The highest BCUT2D eigenvalue weighted by atomic mass is 16.3. The molecule has 0 bridgehead atoms. The topological polar surface area (TPSA) is 52.6 Å². The largest absolute Gasteiger partial charge is 0.390 e. The number of piperidine rings is 1. The molecule has 1 aromatic rings. The Morgan fingerprint density at radius 1 is 1.37 bits per heavy atom. The van der Waals surface area contributed by atoms with Gasteiger partial charge in [-0.25, -0.2) is 0 Å². The molecule has 104 valence electrons. The Bertz CT molecular complexity index is 447. The number of anilines is 1. The monoisotopic (exact) mass is 262 g/mol. The number of likely N-dealkylation sites (tertiary alicyclic amines) is 1. The van der Waals surface area contributed by atoms with E-state index in [-0.39, 0.29) is 5.91 Å². The average Bonchev–Trinajstić information content (AvgIpc) is 2.35. The van der Waals surface area contributed by atoms with Gasteiger partial charge in [-0.2, -0.15) is 0 Å². The normalized spacial score (nSPS) is 19.1. The fraction of sp³-hybridized carbons (Fsp3) is 0.533. The van der Waals surface area contributed by atoms with E-state index >= 15 is 0 Å². The molecule has 0 unspecified atom stereocenters. The number of hydrogen-bond donors (Lipinski definition) is 2. The summed E-state index contributed by atoms with van der Waals surface area (Å²) in [4.78, 5) is 14.1. The van der Waals surface area contributed by atoms with Gasteiger partial charge < -0.3 is 10.4 Å². The number of benzene rings is 1. The van der Waals surface area contributed by atoms with E-state index < -0.39 is 5.60 Å². The first kappa shape index (κ1) is 14.0. The summed E-state index contributed by atoms with van der Waals surface area (Å²) in [5.74, 6) is 0.0100. The van der Waals surface area contributed by atoms with Gasteiger partial charge in [-0.1, -0.05) is 18.2 Å². The zero-order valence-electron chi connectivity index (χ0n) is 11.6. The van der Waals surface area contributed by atoms with Crippen LogP contribution in [0.25, 0.3) is 0 Å². The van der Waals surface area contributed by atoms with E-state index in [2.05, 4.69) is 10.2 Å². The van der Waals surface area contributed by atoms with Crippen LogP contribution in [0.4, 0.5) is 5.69 Å². The van der Waals surface area contributed by atoms with Crippen molar-refractivity contribution in [3.63, 3.8) is 0 Å². The highest BCUT2D eigenvalue weighted by Gasteiger charge is 2.27. The summed E-state index contributed by atoms with van der Waals surface area (Å²) in [7, 11) is 0. The van der Waals surface area contributed by atoms with Crippen molar-refractivity contribution in [1.29, 1.82) is 0 Å². The van der Waals surface area contributed by atoms with Gasteiger partial charge in [0.1, 0.15) is 0 Å². The predicted molar refractivity (Wildman–Crippen MR) is 76.1 cm³/mol. The molecule has 0 aromatic heterocycles. The number of para-hydroxylation sites is 1. The molecule has 0 saturated carbocycles. The molecule has 1 heterocycles. The summed E-state index contributed by atoms with van der Waals surface area (Å²) >= 11 is 0. The van der Waals surface area contributed by atoms with Crippen molar-refractivity contribution >= 4 is 11.6 Å². The predicted octanol–water partition coefficient (Wildman–Crippen LogP) is 1.78. The van der Waals surface area contributed by atoms with Crippen LogP contribution in [-0.2, 0) is 4.79 Å². The number of rotatable bonds is 3. The molecule has 1 fully saturated rings. The van der Waals surface area contributed by atoms with E-state index in [0.717, 1.165) is 37.2 Å². The van der Waals surface area contributed by atoms with Gasteiger partial charge in [0.05, 0.1) is 12.1 Å². The lowest BCUT2D eigenvalue weighted by atomic mass is 9.94. The zero-order valence-corrected chi connectivity index (χ0v) is 11.6. The minimum atomic E-state index is -0.566. The first-order chi connectivity index (χ1) is 8.96. The summed E-state index contributed by atoms with van der Waals surface area (Å²) in [5, 5.41) is 12.8. The maximum absolute atomic E-state index is 12.0. The zero-order chi connectivity index (χ0) is 13.9. The fourth-order valence-corrected chi connectivity index (χ4v) is 2.30. The van der Waals surface area contributed by atoms with Crippen molar-refractivity contribution in [3.05, 3.63) is 29.8 Å². The van der Waals surface area contributed by atoms with E-state index in [1.54, 1.807) is 0 Å². The van der Waals surface area contributed by atoms with Gasteiger partial charge in [-0.3, -0.25) is 9.69 Å². The third kappa shape index (κ3) is 4.04. The molecular weight excluding hydrogens is 240 g/mol. The number of aryl methyl sites for hydroxylation is 1. The molecule has 0 atom stereocenters. The Morgan fingerprint density at radius 3 is 2.63 bits per heavy atom. The third-order valence-electron chi connectivity index (χ3n) is 3.72. The van der Waals surface area contributed by atoms with E-state index in [0.29, 0.717) is 6.54 Å². The van der Waals surface area contributed by atoms with Gasteiger partial charge in [-0.05, 0) is 38.3 Å². The van der Waals surface area contributed by atoms with Crippen LogP contribution < -0.4 is 5.32 Å².